The summed E-state index contributed by atoms with van der Waals surface area (Å²) in [5.74, 6) is 0.964. The summed E-state index contributed by atoms with van der Waals surface area (Å²) in [5.41, 5.74) is 7.30. The topological polar surface area (TPSA) is 51.3 Å². The molecule has 0 aliphatic carbocycles. The number of hydrogen-bond donors (Lipinski definition) is 1. The molecule has 7 heteroatoms. The Morgan fingerprint density at radius 2 is 1.67 bits per heavy atom. The highest BCUT2D eigenvalue weighted by molar-refractivity contribution is 5.78. The van der Waals surface area contributed by atoms with Gasteiger partial charge in [-0.3, -0.25) is 4.99 Å². The second kappa shape index (κ2) is 9.37. The van der Waals surface area contributed by atoms with Crippen molar-refractivity contribution in [2.24, 2.45) is 16.6 Å². The molecule has 0 radical (unpaired) electrons. The molecule has 1 atom stereocenters. The van der Waals surface area contributed by atoms with Gasteiger partial charge in [0.2, 0.25) is 0 Å². The van der Waals surface area contributed by atoms with E-state index >= 15 is 0 Å². The van der Waals surface area contributed by atoms with Crippen LogP contribution in [0.25, 0.3) is 0 Å². The Hall–Kier alpha value is -1.86. The summed E-state index contributed by atoms with van der Waals surface area (Å²) in [7, 11) is 2.18. The van der Waals surface area contributed by atoms with Crippen molar-refractivity contribution in [3.63, 3.8) is 0 Å². The molecule has 0 spiro atoms. The third-order valence-electron chi connectivity index (χ3n) is 5.53. The molecule has 0 bridgehead atoms. The predicted molar refractivity (Wildman–Crippen MR) is 110 cm³/mol. The zero-order valence-electron chi connectivity index (χ0n) is 16.6. The number of nitrogens with zero attached hydrogens (tertiary/aromatic N) is 5. The van der Waals surface area contributed by atoms with E-state index in [-0.39, 0.29) is 5.82 Å². The fraction of sp³-hybridized carbons (Fsp3) is 0.650. The highest BCUT2D eigenvalue weighted by Crippen LogP contribution is 2.16. The van der Waals surface area contributed by atoms with Crippen LogP contribution in [0.3, 0.4) is 0 Å². The highest BCUT2D eigenvalue weighted by Gasteiger charge is 2.19. The Morgan fingerprint density at radius 1 is 1.04 bits per heavy atom. The lowest BCUT2D eigenvalue weighted by molar-refractivity contribution is 0.140. The number of hydrogen-bond acceptors (Lipinski definition) is 4. The monoisotopic (exact) mass is 376 g/mol. The van der Waals surface area contributed by atoms with Crippen molar-refractivity contribution in [3.8, 4) is 0 Å². The average Bonchev–Trinajstić information content (AvgIpc) is 2.69. The molecule has 0 aromatic heterocycles. The first kappa shape index (κ1) is 19.9. The van der Waals surface area contributed by atoms with Gasteiger partial charge in [-0.25, -0.2) is 4.39 Å². The minimum Gasteiger partial charge on any atom is -0.370 e. The SMILES string of the molecule is CC(CN=C(N)N1CCN(c2ccc(F)cc2)CC1)CN1CCN(C)CC1. The summed E-state index contributed by atoms with van der Waals surface area (Å²) >= 11 is 0. The van der Waals surface area contributed by atoms with Crippen LogP contribution in [0, 0.1) is 11.7 Å². The second-order valence-electron chi connectivity index (χ2n) is 7.86. The Labute approximate surface area is 162 Å². The van der Waals surface area contributed by atoms with Crippen LogP contribution in [0.2, 0.25) is 0 Å². The Morgan fingerprint density at radius 3 is 2.30 bits per heavy atom. The van der Waals surface area contributed by atoms with Gasteiger partial charge in [0, 0.05) is 71.1 Å². The minimum atomic E-state index is -0.195. The summed E-state index contributed by atoms with van der Waals surface area (Å²) in [6.45, 7) is 12.1. The zero-order chi connectivity index (χ0) is 19.2. The van der Waals surface area contributed by atoms with Crippen molar-refractivity contribution in [3.05, 3.63) is 30.1 Å². The van der Waals surface area contributed by atoms with E-state index < -0.39 is 0 Å². The Balaban J connectivity index is 1.41. The average molecular weight is 377 g/mol. The lowest BCUT2D eigenvalue weighted by Crippen LogP contribution is -2.51. The molecule has 2 aliphatic heterocycles. The summed E-state index contributed by atoms with van der Waals surface area (Å²) < 4.78 is 13.1. The van der Waals surface area contributed by atoms with E-state index in [9.17, 15) is 4.39 Å². The van der Waals surface area contributed by atoms with Crippen LogP contribution in [0.15, 0.2) is 29.3 Å². The van der Waals surface area contributed by atoms with Crippen LogP contribution in [-0.4, -0.2) is 93.2 Å². The van der Waals surface area contributed by atoms with E-state index in [2.05, 4.69) is 38.6 Å². The molecule has 2 fully saturated rings. The molecule has 2 aliphatic rings. The first-order chi connectivity index (χ1) is 13.0. The summed E-state index contributed by atoms with van der Waals surface area (Å²) in [6, 6.07) is 6.70. The van der Waals surface area contributed by atoms with Crippen molar-refractivity contribution in [1.29, 1.82) is 0 Å². The third-order valence-corrected chi connectivity index (χ3v) is 5.53. The first-order valence-electron chi connectivity index (χ1n) is 9.97. The van der Waals surface area contributed by atoms with Crippen LogP contribution in [0.4, 0.5) is 10.1 Å². The molecule has 0 amide bonds. The number of piperazine rings is 2. The maximum atomic E-state index is 13.1. The van der Waals surface area contributed by atoms with E-state index in [1.165, 1.54) is 12.1 Å². The van der Waals surface area contributed by atoms with Crippen molar-refractivity contribution in [2.75, 3.05) is 77.4 Å². The molecular formula is C20H33FN6. The van der Waals surface area contributed by atoms with Gasteiger partial charge in [-0.2, -0.15) is 0 Å². The molecule has 6 nitrogen and oxygen atoms in total. The molecule has 2 saturated heterocycles. The van der Waals surface area contributed by atoms with E-state index in [1.54, 1.807) is 0 Å². The van der Waals surface area contributed by atoms with Crippen LogP contribution in [0.5, 0.6) is 0 Å². The predicted octanol–water partition coefficient (Wildman–Crippen LogP) is 1.15. The Bertz CT molecular complexity index is 603. The minimum absolute atomic E-state index is 0.195. The number of anilines is 1. The molecule has 2 heterocycles. The first-order valence-corrected chi connectivity index (χ1v) is 9.97. The van der Waals surface area contributed by atoms with Crippen molar-refractivity contribution < 1.29 is 4.39 Å². The third kappa shape index (κ3) is 5.81. The molecule has 1 aromatic rings. The fourth-order valence-corrected chi connectivity index (χ4v) is 3.72. The summed E-state index contributed by atoms with van der Waals surface area (Å²) in [5, 5.41) is 0. The lowest BCUT2D eigenvalue weighted by Gasteiger charge is -2.37. The quantitative estimate of drug-likeness (QED) is 0.617. The van der Waals surface area contributed by atoms with Gasteiger partial charge in [0.1, 0.15) is 5.82 Å². The molecule has 3 rings (SSSR count). The largest absolute Gasteiger partial charge is 0.370 e. The van der Waals surface area contributed by atoms with Crippen LogP contribution in [-0.2, 0) is 0 Å². The van der Waals surface area contributed by atoms with Gasteiger partial charge >= 0.3 is 0 Å². The summed E-state index contributed by atoms with van der Waals surface area (Å²) in [4.78, 5) is 14.0. The maximum absolute atomic E-state index is 13.1. The van der Waals surface area contributed by atoms with E-state index in [0.29, 0.717) is 11.9 Å². The van der Waals surface area contributed by atoms with Crippen molar-refractivity contribution in [1.82, 2.24) is 14.7 Å². The fourth-order valence-electron chi connectivity index (χ4n) is 3.72. The molecular weight excluding hydrogens is 343 g/mol. The van der Waals surface area contributed by atoms with Crippen LogP contribution >= 0.6 is 0 Å². The van der Waals surface area contributed by atoms with Gasteiger partial charge in [-0.15, -0.1) is 0 Å². The normalized spacial score (nSPS) is 21.5. The number of likely N-dealkylation sites (N-methyl/N-ethyl adjacent to an activating group) is 1. The van der Waals surface area contributed by atoms with Gasteiger partial charge in [0.25, 0.3) is 0 Å². The maximum Gasteiger partial charge on any atom is 0.191 e. The molecule has 150 valence electrons. The number of aliphatic imine (C=N–C) groups is 1. The molecule has 2 N–H and O–H groups in total. The molecule has 1 aromatic carbocycles. The van der Waals surface area contributed by atoms with Crippen LogP contribution < -0.4 is 10.6 Å². The molecule has 1 unspecified atom stereocenters. The Kier molecular flexibility index (Phi) is 6.90. The lowest BCUT2D eigenvalue weighted by atomic mass is 10.1. The van der Waals surface area contributed by atoms with Gasteiger partial charge < -0.3 is 25.3 Å². The number of guanidine groups is 1. The van der Waals surface area contributed by atoms with Crippen LogP contribution in [0.1, 0.15) is 6.92 Å². The molecule has 0 saturated carbocycles. The van der Waals surface area contributed by atoms with Crippen molar-refractivity contribution >= 4 is 11.6 Å². The van der Waals surface area contributed by atoms with Crippen molar-refractivity contribution in [2.45, 2.75) is 6.92 Å². The number of halogens is 1. The van der Waals surface area contributed by atoms with Gasteiger partial charge in [-0.05, 0) is 37.2 Å². The standard InChI is InChI=1S/C20H33FN6/c1-17(16-25-9-7-24(2)8-10-25)15-23-20(22)27-13-11-26(12-14-27)19-5-3-18(21)4-6-19/h3-6,17H,7-16H2,1-2H3,(H2,22,23). The molecule has 27 heavy (non-hydrogen) atoms. The summed E-state index contributed by atoms with van der Waals surface area (Å²) in [6.07, 6.45) is 0. The smallest absolute Gasteiger partial charge is 0.191 e. The zero-order valence-corrected chi connectivity index (χ0v) is 16.6. The van der Waals surface area contributed by atoms with Gasteiger partial charge in [-0.1, -0.05) is 6.92 Å². The van der Waals surface area contributed by atoms with E-state index in [1.807, 2.05) is 12.1 Å². The number of rotatable bonds is 5. The number of benzene rings is 1. The number of nitrogens with two attached hydrogens (primary N) is 1. The second-order valence-corrected chi connectivity index (χ2v) is 7.86. The van der Waals surface area contributed by atoms with Gasteiger partial charge in [0.05, 0.1) is 0 Å². The highest BCUT2D eigenvalue weighted by atomic mass is 19.1. The van der Waals surface area contributed by atoms with Gasteiger partial charge in [0.15, 0.2) is 5.96 Å². The van der Waals surface area contributed by atoms with E-state index in [0.717, 1.165) is 71.1 Å². The van der Waals surface area contributed by atoms with E-state index in [4.69, 9.17) is 5.73 Å².